The molecule has 1 aromatic carbocycles. The predicted molar refractivity (Wildman–Crippen MR) is 73.3 cm³/mol. The van der Waals surface area contributed by atoms with E-state index in [1.807, 2.05) is 11.0 Å². The summed E-state index contributed by atoms with van der Waals surface area (Å²) in [7, 11) is 0. The average molecular weight is 313 g/mol. The summed E-state index contributed by atoms with van der Waals surface area (Å²) in [4.78, 5) is 13.7. The van der Waals surface area contributed by atoms with Gasteiger partial charge in [-0.25, -0.2) is 0 Å². The molecule has 1 saturated heterocycles. The van der Waals surface area contributed by atoms with Crippen LogP contribution in [0, 0.1) is 0 Å². The van der Waals surface area contributed by atoms with Crippen LogP contribution in [-0.4, -0.2) is 35.5 Å². The molecule has 1 aromatic rings. The highest BCUT2D eigenvalue weighted by molar-refractivity contribution is 9.10. The van der Waals surface area contributed by atoms with Gasteiger partial charge in [0.2, 0.25) is 5.91 Å². The van der Waals surface area contributed by atoms with E-state index in [-0.39, 0.29) is 11.7 Å². The van der Waals surface area contributed by atoms with Gasteiger partial charge in [0, 0.05) is 29.7 Å². The van der Waals surface area contributed by atoms with Crippen LogP contribution < -0.4 is 5.32 Å². The van der Waals surface area contributed by atoms with Crippen LogP contribution in [0.25, 0.3) is 0 Å². The Morgan fingerprint density at radius 2 is 2.11 bits per heavy atom. The zero-order valence-corrected chi connectivity index (χ0v) is 11.7. The third kappa shape index (κ3) is 3.46. The lowest BCUT2D eigenvalue weighted by molar-refractivity contribution is -0.129. The molecular formula is C13H17BrN2O2. The standard InChI is InChI=1S/C13H17BrN2O2/c14-11-3-4-12(17)10(7-11)8-15-9-13(18)16-5-1-2-6-16/h3-4,7,15,17H,1-2,5-6,8-9H2. The van der Waals surface area contributed by atoms with Crippen LogP contribution >= 0.6 is 15.9 Å². The number of likely N-dealkylation sites (tertiary alicyclic amines) is 1. The van der Waals surface area contributed by atoms with Gasteiger partial charge in [0.05, 0.1) is 6.54 Å². The maximum absolute atomic E-state index is 11.8. The van der Waals surface area contributed by atoms with Crippen molar-refractivity contribution < 1.29 is 9.90 Å². The number of nitrogens with zero attached hydrogens (tertiary/aromatic N) is 1. The number of amides is 1. The molecule has 0 unspecified atom stereocenters. The van der Waals surface area contributed by atoms with E-state index in [9.17, 15) is 9.90 Å². The lowest BCUT2D eigenvalue weighted by atomic mass is 10.2. The number of carbonyl (C=O) groups is 1. The van der Waals surface area contributed by atoms with Crippen molar-refractivity contribution in [3.8, 4) is 5.75 Å². The van der Waals surface area contributed by atoms with E-state index in [4.69, 9.17) is 0 Å². The summed E-state index contributed by atoms with van der Waals surface area (Å²) in [6.45, 7) is 2.57. The molecule has 1 heterocycles. The molecule has 98 valence electrons. The molecule has 0 aromatic heterocycles. The molecule has 18 heavy (non-hydrogen) atoms. The number of aromatic hydroxyl groups is 1. The highest BCUT2D eigenvalue weighted by Crippen LogP contribution is 2.21. The summed E-state index contributed by atoms with van der Waals surface area (Å²) in [5.41, 5.74) is 0.790. The topological polar surface area (TPSA) is 52.6 Å². The van der Waals surface area contributed by atoms with Crippen molar-refractivity contribution in [2.45, 2.75) is 19.4 Å². The molecule has 4 nitrogen and oxygen atoms in total. The number of halogens is 1. The number of hydrogen-bond donors (Lipinski definition) is 2. The van der Waals surface area contributed by atoms with Crippen molar-refractivity contribution in [1.82, 2.24) is 10.2 Å². The molecule has 1 aliphatic heterocycles. The van der Waals surface area contributed by atoms with E-state index in [1.54, 1.807) is 12.1 Å². The number of benzene rings is 1. The van der Waals surface area contributed by atoms with E-state index < -0.39 is 0 Å². The first-order valence-electron chi connectivity index (χ1n) is 6.13. The molecule has 5 heteroatoms. The van der Waals surface area contributed by atoms with Gasteiger partial charge in [0.15, 0.2) is 0 Å². The highest BCUT2D eigenvalue weighted by Gasteiger charge is 2.17. The van der Waals surface area contributed by atoms with Crippen LogP contribution in [0.5, 0.6) is 5.75 Å². The lowest BCUT2D eigenvalue weighted by Crippen LogP contribution is -2.35. The molecule has 0 aliphatic carbocycles. The molecular weight excluding hydrogens is 296 g/mol. The smallest absolute Gasteiger partial charge is 0.236 e. The summed E-state index contributed by atoms with van der Waals surface area (Å²) in [5.74, 6) is 0.390. The van der Waals surface area contributed by atoms with Gasteiger partial charge in [-0.1, -0.05) is 15.9 Å². The lowest BCUT2D eigenvalue weighted by Gasteiger charge is -2.15. The van der Waals surface area contributed by atoms with Crippen LogP contribution in [0.1, 0.15) is 18.4 Å². The van der Waals surface area contributed by atoms with E-state index in [0.717, 1.165) is 36.0 Å². The van der Waals surface area contributed by atoms with Gasteiger partial charge in [-0.05, 0) is 31.0 Å². The van der Waals surface area contributed by atoms with Gasteiger partial charge in [0.1, 0.15) is 5.75 Å². The minimum absolute atomic E-state index is 0.141. The molecule has 1 fully saturated rings. The van der Waals surface area contributed by atoms with Crippen LogP contribution in [0.3, 0.4) is 0 Å². The Balaban J connectivity index is 1.81. The average Bonchev–Trinajstić information content (AvgIpc) is 2.87. The largest absolute Gasteiger partial charge is 0.508 e. The summed E-state index contributed by atoms with van der Waals surface area (Å²) in [6.07, 6.45) is 2.22. The first-order valence-corrected chi connectivity index (χ1v) is 6.92. The Kier molecular flexibility index (Phi) is 4.60. The Hall–Kier alpha value is -1.07. The van der Waals surface area contributed by atoms with Crippen molar-refractivity contribution in [3.05, 3.63) is 28.2 Å². The maximum atomic E-state index is 11.8. The molecule has 0 atom stereocenters. The number of rotatable bonds is 4. The third-order valence-corrected chi connectivity index (χ3v) is 3.59. The van der Waals surface area contributed by atoms with E-state index >= 15 is 0 Å². The quantitative estimate of drug-likeness (QED) is 0.892. The number of nitrogens with one attached hydrogen (secondary N) is 1. The van der Waals surface area contributed by atoms with E-state index in [1.165, 1.54) is 0 Å². The van der Waals surface area contributed by atoms with Gasteiger partial charge in [-0.3, -0.25) is 4.79 Å². The van der Waals surface area contributed by atoms with Crippen molar-refractivity contribution in [1.29, 1.82) is 0 Å². The van der Waals surface area contributed by atoms with E-state index in [0.29, 0.717) is 13.1 Å². The van der Waals surface area contributed by atoms with Crippen LogP contribution in [0.2, 0.25) is 0 Å². The van der Waals surface area contributed by atoms with Gasteiger partial charge in [0.25, 0.3) is 0 Å². The Morgan fingerprint density at radius 1 is 1.39 bits per heavy atom. The van der Waals surface area contributed by atoms with E-state index in [2.05, 4.69) is 21.2 Å². The second-order valence-electron chi connectivity index (χ2n) is 4.46. The van der Waals surface area contributed by atoms with Crippen molar-refractivity contribution in [3.63, 3.8) is 0 Å². The van der Waals surface area contributed by atoms with Gasteiger partial charge < -0.3 is 15.3 Å². The molecule has 0 bridgehead atoms. The Bertz CT molecular complexity index is 431. The zero-order valence-electron chi connectivity index (χ0n) is 10.2. The summed E-state index contributed by atoms with van der Waals surface area (Å²) >= 11 is 3.36. The van der Waals surface area contributed by atoms with Crippen molar-refractivity contribution in [2.24, 2.45) is 0 Å². The van der Waals surface area contributed by atoms with Crippen molar-refractivity contribution in [2.75, 3.05) is 19.6 Å². The first-order chi connectivity index (χ1) is 8.66. The molecule has 2 rings (SSSR count). The molecule has 0 saturated carbocycles. The molecule has 1 amide bonds. The Labute approximate surface area is 115 Å². The zero-order chi connectivity index (χ0) is 13.0. The van der Waals surface area contributed by atoms with Gasteiger partial charge >= 0.3 is 0 Å². The molecule has 2 N–H and O–H groups in total. The van der Waals surface area contributed by atoms with Crippen molar-refractivity contribution >= 4 is 21.8 Å². The predicted octanol–water partition coefficient (Wildman–Crippen LogP) is 1.87. The SMILES string of the molecule is O=C(CNCc1cc(Br)ccc1O)N1CCCC1. The molecule has 0 radical (unpaired) electrons. The number of hydrogen-bond acceptors (Lipinski definition) is 3. The monoisotopic (exact) mass is 312 g/mol. The maximum Gasteiger partial charge on any atom is 0.236 e. The number of phenolic OH excluding ortho intramolecular Hbond substituents is 1. The van der Waals surface area contributed by atoms with Crippen LogP contribution in [0.15, 0.2) is 22.7 Å². The number of phenols is 1. The molecule has 0 spiro atoms. The third-order valence-electron chi connectivity index (χ3n) is 3.09. The fourth-order valence-corrected chi connectivity index (χ4v) is 2.49. The summed E-state index contributed by atoms with van der Waals surface area (Å²) in [6, 6.07) is 5.28. The minimum Gasteiger partial charge on any atom is -0.508 e. The summed E-state index contributed by atoms with van der Waals surface area (Å²) < 4.78 is 0.919. The van der Waals surface area contributed by atoms with Crippen LogP contribution in [-0.2, 0) is 11.3 Å². The first kappa shape index (κ1) is 13.4. The fourth-order valence-electron chi connectivity index (χ4n) is 2.08. The highest BCUT2D eigenvalue weighted by atomic mass is 79.9. The van der Waals surface area contributed by atoms with Gasteiger partial charge in [-0.2, -0.15) is 0 Å². The van der Waals surface area contributed by atoms with Gasteiger partial charge in [-0.15, -0.1) is 0 Å². The fraction of sp³-hybridized carbons (Fsp3) is 0.462. The summed E-state index contributed by atoms with van der Waals surface area (Å²) in [5, 5.41) is 12.7. The Morgan fingerprint density at radius 3 is 2.83 bits per heavy atom. The molecule has 1 aliphatic rings. The number of carbonyl (C=O) groups excluding carboxylic acids is 1. The second-order valence-corrected chi connectivity index (χ2v) is 5.38. The van der Waals surface area contributed by atoms with Crippen LogP contribution in [0.4, 0.5) is 0 Å². The second kappa shape index (κ2) is 6.20. The normalized spacial score (nSPS) is 15.1. The minimum atomic E-state index is 0.141.